The van der Waals surface area contributed by atoms with E-state index in [1.54, 1.807) is 0 Å². The highest BCUT2D eigenvalue weighted by Crippen LogP contribution is 2.17. The third-order valence-electron chi connectivity index (χ3n) is 3.76. The summed E-state index contributed by atoms with van der Waals surface area (Å²) in [6.45, 7) is 10.1. The number of fused-ring (bicyclic) bond motifs is 1. The summed E-state index contributed by atoms with van der Waals surface area (Å²) >= 11 is 0. The van der Waals surface area contributed by atoms with Crippen LogP contribution < -0.4 is 5.32 Å². The molecule has 0 aromatic heterocycles. The van der Waals surface area contributed by atoms with Crippen LogP contribution in [0.1, 0.15) is 31.9 Å². The van der Waals surface area contributed by atoms with Crippen LogP contribution in [0.5, 0.6) is 0 Å². The molecule has 2 rings (SSSR count). The molecule has 1 heterocycles. The quantitative estimate of drug-likeness (QED) is 0.857. The van der Waals surface area contributed by atoms with Gasteiger partial charge in [0.15, 0.2) is 0 Å². The van der Waals surface area contributed by atoms with E-state index in [4.69, 9.17) is 0 Å². The van der Waals surface area contributed by atoms with Crippen molar-refractivity contribution in [1.29, 1.82) is 0 Å². The van der Waals surface area contributed by atoms with E-state index in [2.05, 4.69) is 55.3 Å². The molecule has 0 spiro atoms. The number of benzene rings is 1. The Morgan fingerprint density at radius 2 is 2.00 bits per heavy atom. The number of rotatable bonds is 4. The van der Waals surface area contributed by atoms with Gasteiger partial charge in [-0.3, -0.25) is 4.90 Å². The van der Waals surface area contributed by atoms with Gasteiger partial charge in [0.1, 0.15) is 0 Å². The molecule has 0 unspecified atom stereocenters. The van der Waals surface area contributed by atoms with Gasteiger partial charge < -0.3 is 5.32 Å². The first kappa shape index (κ1) is 12.6. The van der Waals surface area contributed by atoms with Crippen LogP contribution in [0.4, 0.5) is 0 Å². The van der Waals surface area contributed by atoms with Crippen LogP contribution in [-0.2, 0) is 13.0 Å². The topological polar surface area (TPSA) is 15.3 Å². The lowest BCUT2D eigenvalue weighted by atomic mass is 9.95. The number of hydrogen-bond donors (Lipinski definition) is 1. The molecule has 1 N–H and O–H groups in total. The minimum Gasteiger partial charge on any atom is -0.308 e. The maximum Gasteiger partial charge on any atom is 0.0238 e. The van der Waals surface area contributed by atoms with Crippen LogP contribution in [0, 0.1) is 0 Å². The van der Waals surface area contributed by atoms with Gasteiger partial charge in [0.2, 0.25) is 0 Å². The average Bonchev–Trinajstić information content (AvgIpc) is 2.35. The smallest absolute Gasteiger partial charge is 0.0238 e. The van der Waals surface area contributed by atoms with E-state index in [-0.39, 0.29) is 0 Å². The predicted molar refractivity (Wildman–Crippen MR) is 73.2 cm³/mol. The molecule has 0 amide bonds. The van der Waals surface area contributed by atoms with Crippen LogP contribution in [0.2, 0.25) is 0 Å². The predicted octanol–water partition coefficient (Wildman–Crippen LogP) is 2.43. The Balaban J connectivity index is 1.98. The Bertz CT molecular complexity index is 360. The standard InChI is InChI=1S/C15H24N2/c1-4-17(12(2)3)11-15-9-13-7-5-6-8-14(13)10-16-15/h5-8,12,15-16H,4,9-11H2,1-3H3/t15-/m0/s1. The molecule has 94 valence electrons. The normalized spacial score (nSPS) is 19.7. The fraction of sp³-hybridized carbons (Fsp3) is 0.600. The highest BCUT2D eigenvalue weighted by atomic mass is 15.2. The van der Waals surface area contributed by atoms with Crippen LogP contribution in [0.3, 0.4) is 0 Å². The van der Waals surface area contributed by atoms with E-state index in [1.807, 2.05) is 0 Å². The first-order chi connectivity index (χ1) is 8.20. The summed E-state index contributed by atoms with van der Waals surface area (Å²) in [5.41, 5.74) is 2.99. The zero-order valence-corrected chi connectivity index (χ0v) is 11.2. The molecule has 0 radical (unpaired) electrons. The largest absolute Gasteiger partial charge is 0.308 e. The summed E-state index contributed by atoms with van der Waals surface area (Å²) in [6.07, 6.45) is 1.17. The molecule has 2 nitrogen and oxygen atoms in total. The van der Waals surface area contributed by atoms with Crippen molar-refractivity contribution in [1.82, 2.24) is 10.2 Å². The fourth-order valence-corrected chi connectivity index (χ4v) is 2.64. The van der Waals surface area contributed by atoms with Crippen molar-refractivity contribution in [3.63, 3.8) is 0 Å². The summed E-state index contributed by atoms with van der Waals surface area (Å²) in [5.74, 6) is 0. The molecule has 1 aliphatic rings. The third kappa shape index (κ3) is 3.08. The molecule has 1 aliphatic heterocycles. The molecule has 1 atom stereocenters. The molecule has 0 bridgehead atoms. The Morgan fingerprint density at radius 1 is 1.29 bits per heavy atom. The SMILES string of the molecule is CCN(C[C@@H]1Cc2ccccc2CN1)C(C)C. The maximum atomic E-state index is 3.65. The van der Waals surface area contributed by atoms with Crippen LogP contribution in [0.15, 0.2) is 24.3 Å². The van der Waals surface area contributed by atoms with Gasteiger partial charge in [-0.25, -0.2) is 0 Å². The molecule has 17 heavy (non-hydrogen) atoms. The van der Waals surface area contributed by atoms with Crippen molar-refractivity contribution >= 4 is 0 Å². The Labute approximate surface area is 105 Å². The second-order valence-corrected chi connectivity index (χ2v) is 5.23. The van der Waals surface area contributed by atoms with Gasteiger partial charge in [-0.1, -0.05) is 31.2 Å². The zero-order valence-electron chi connectivity index (χ0n) is 11.2. The van der Waals surface area contributed by atoms with E-state index in [9.17, 15) is 0 Å². The van der Waals surface area contributed by atoms with Crippen molar-refractivity contribution in [3.8, 4) is 0 Å². The van der Waals surface area contributed by atoms with Crippen molar-refractivity contribution in [2.45, 2.75) is 45.8 Å². The summed E-state index contributed by atoms with van der Waals surface area (Å²) < 4.78 is 0. The second kappa shape index (κ2) is 5.65. The molecule has 0 fully saturated rings. The van der Waals surface area contributed by atoms with E-state index in [1.165, 1.54) is 17.5 Å². The second-order valence-electron chi connectivity index (χ2n) is 5.23. The molecular formula is C15H24N2. The van der Waals surface area contributed by atoms with Crippen molar-refractivity contribution in [2.24, 2.45) is 0 Å². The van der Waals surface area contributed by atoms with E-state index < -0.39 is 0 Å². The van der Waals surface area contributed by atoms with Crippen molar-refractivity contribution in [3.05, 3.63) is 35.4 Å². The minimum atomic E-state index is 0.604. The number of nitrogens with zero attached hydrogens (tertiary/aromatic N) is 1. The zero-order chi connectivity index (χ0) is 12.3. The molecule has 0 saturated heterocycles. The monoisotopic (exact) mass is 232 g/mol. The first-order valence-electron chi connectivity index (χ1n) is 6.75. The van der Waals surface area contributed by atoms with Gasteiger partial charge in [0, 0.05) is 25.2 Å². The average molecular weight is 232 g/mol. The lowest BCUT2D eigenvalue weighted by Gasteiger charge is -2.33. The van der Waals surface area contributed by atoms with Gasteiger partial charge in [-0.2, -0.15) is 0 Å². The Kier molecular flexibility index (Phi) is 4.19. The maximum absolute atomic E-state index is 3.65. The molecule has 1 aromatic rings. The fourth-order valence-electron chi connectivity index (χ4n) is 2.64. The van der Waals surface area contributed by atoms with Gasteiger partial charge in [-0.05, 0) is 37.9 Å². The molecule has 2 heteroatoms. The van der Waals surface area contributed by atoms with Gasteiger partial charge in [-0.15, -0.1) is 0 Å². The van der Waals surface area contributed by atoms with Crippen molar-refractivity contribution < 1.29 is 0 Å². The lowest BCUT2D eigenvalue weighted by molar-refractivity contribution is 0.203. The van der Waals surface area contributed by atoms with Crippen LogP contribution >= 0.6 is 0 Å². The summed E-state index contributed by atoms with van der Waals surface area (Å²) in [4.78, 5) is 2.53. The van der Waals surface area contributed by atoms with Crippen molar-refractivity contribution in [2.75, 3.05) is 13.1 Å². The lowest BCUT2D eigenvalue weighted by Crippen LogP contribution is -2.46. The van der Waals surface area contributed by atoms with Gasteiger partial charge >= 0.3 is 0 Å². The van der Waals surface area contributed by atoms with Crippen LogP contribution in [0.25, 0.3) is 0 Å². The summed E-state index contributed by atoms with van der Waals surface area (Å²) in [5, 5.41) is 3.65. The van der Waals surface area contributed by atoms with E-state index in [0.717, 1.165) is 19.6 Å². The Hall–Kier alpha value is -0.860. The summed E-state index contributed by atoms with van der Waals surface area (Å²) in [6, 6.07) is 10.0. The van der Waals surface area contributed by atoms with Gasteiger partial charge in [0.25, 0.3) is 0 Å². The summed E-state index contributed by atoms with van der Waals surface area (Å²) in [7, 11) is 0. The molecule has 0 aliphatic carbocycles. The molecule has 0 saturated carbocycles. The molecular weight excluding hydrogens is 208 g/mol. The molecule has 1 aromatic carbocycles. The highest BCUT2D eigenvalue weighted by Gasteiger charge is 2.20. The first-order valence-corrected chi connectivity index (χ1v) is 6.75. The van der Waals surface area contributed by atoms with E-state index >= 15 is 0 Å². The number of hydrogen-bond acceptors (Lipinski definition) is 2. The van der Waals surface area contributed by atoms with Crippen LogP contribution in [-0.4, -0.2) is 30.1 Å². The minimum absolute atomic E-state index is 0.604. The van der Waals surface area contributed by atoms with E-state index in [0.29, 0.717) is 12.1 Å². The number of likely N-dealkylation sites (N-methyl/N-ethyl adjacent to an activating group) is 1. The number of nitrogens with one attached hydrogen (secondary N) is 1. The highest BCUT2D eigenvalue weighted by molar-refractivity contribution is 5.29. The Morgan fingerprint density at radius 3 is 2.65 bits per heavy atom. The van der Waals surface area contributed by atoms with Gasteiger partial charge in [0.05, 0.1) is 0 Å². The third-order valence-corrected chi connectivity index (χ3v) is 3.76.